The summed E-state index contributed by atoms with van der Waals surface area (Å²) in [5, 5.41) is 13.0. The minimum absolute atomic E-state index is 0.156. The lowest BCUT2D eigenvalue weighted by Gasteiger charge is -2.25. The number of hydrogen-bond acceptors (Lipinski definition) is 4. The second-order valence-corrected chi connectivity index (χ2v) is 5.76. The van der Waals surface area contributed by atoms with Crippen molar-refractivity contribution in [3.05, 3.63) is 23.0 Å². The number of aromatic nitrogens is 1. The normalized spacial score (nSPS) is 14.2. The molecule has 0 saturated carbocycles. The third-order valence-corrected chi connectivity index (χ3v) is 2.83. The molecular weight excluding hydrogens is 266 g/mol. The van der Waals surface area contributed by atoms with Crippen molar-refractivity contribution in [1.29, 1.82) is 0 Å². The predicted octanol–water partition coefficient (Wildman–Crippen LogP) is 1.84. The van der Waals surface area contributed by atoms with E-state index in [2.05, 4.69) is 10.3 Å². The van der Waals surface area contributed by atoms with Crippen LogP contribution in [-0.4, -0.2) is 28.1 Å². The molecule has 0 bridgehead atoms. The van der Waals surface area contributed by atoms with Crippen LogP contribution in [0, 0.1) is 5.92 Å². The highest BCUT2D eigenvalue weighted by Gasteiger charge is 2.23. The summed E-state index contributed by atoms with van der Waals surface area (Å²) in [6.07, 6.45) is 1.93. The maximum Gasteiger partial charge on any atom is 0.253 e. The number of nitrogens with one attached hydrogen (secondary N) is 1. The summed E-state index contributed by atoms with van der Waals surface area (Å²) in [5.41, 5.74) is 5.24. The molecule has 1 unspecified atom stereocenters. The first-order chi connectivity index (χ1) is 8.71. The number of nitrogens with zero attached hydrogens (tertiary/aromatic N) is 1. The van der Waals surface area contributed by atoms with Crippen molar-refractivity contribution in [3.8, 4) is 0 Å². The van der Waals surface area contributed by atoms with Gasteiger partial charge in [-0.3, -0.25) is 4.79 Å². The second kappa shape index (κ2) is 6.21. The lowest BCUT2D eigenvalue weighted by atomic mass is 9.94. The van der Waals surface area contributed by atoms with E-state index in [1.165, 1.54) is 12.3 Å². The average Bonchev–Trinajstić information content (AvgIpc) is 2.27. The summed E-state index contributed by atoms with van der Waals surface area (Å²) >= 11 is 5.72. The third-order valence-electron chi connectivity index (χ3n) is 2.62. The van der Waals surface area contributed by atoms with Gasteiger partial charge in [-0.1, -0.05) is 25.4 Å². The van der Waals surface area contributed by atoms with Gasteiger partial charge in [-0.15, -0.1) is 0 Å². The number of hydrogen-bond donors (Lipinski definition) is 3. The van der Waals surface area contributed by atoms with Gasteiger partial charge < -0.3 is 16.2 Å². The SMILES string of the molecule is CC(C)CC(C)(O)CNC(=O)c1cc(Cl)ncc1N. The molecule has 0 aliphatic heterocycles. The number of halogens is 1. The minimum atomic E-state index is -0.949. The Labute approximate surface area is 118 Å². The van der Waals surface area contributed by atoms with Crippen molar-refractivity contribution in [2.24, 2.45) is 5.92 Å². The van der Waals surface area contributed by atoms with Crippen LogP contribution in [0.25, 0.3) is 0 Å². The molecule has 1 rings (SSSR count). The molecule has 0 spiro atoms. The zero-order chi connectivity index (χ0) is 14.6. The summed E-state index contributed by atoms with van der Waals surface area (Å²) in [5.74, 6) is -0.0295. The highest BCUT2D eigenvalue weighted by Crippen LogP contribution is 2.17. The van der Waals surface area contributed by atoms with Crippen molar-refractivity contribution in [1.82, 2.24) is 10.3 Å². The fourth-order valence-corrected chi connectivity index (χ4v) is 2.11. The number of carbonyl (C=O) groups excluding carboxylic acids is 1. The average molecular weight is 286 g/mol. The highest BCUT2D eigenvalue weighted by molar-refractivity contribution is 6.29. The maximum atomic E-state index is 12.0. The van der Waals surface area contributed by atoms with E-state index in [0.717, 1.165) is 0 Å². The zero-order valence-electron chi connectivity index (χ0n) is 11.4. The molecule has 5 nitrogen and oxygen atoms in total. The van der Waals surface area contributed by atoms with Gasteiger partial charge in [0.05, 0.1) is 23.0 Å². The van der Waals surface area contributed by atoms with E-state index in [9.17, 15) is 9.90 Å². The fourth-order valence-electron chi connectivity index (χ4n) is 1.95. The van der Waals surface area contributed by atoms with Crippen molar-refractivity contribution in [2.75, 3.05) is 12.3 Å². The lowest BCUT2D eigenvalue weighted by molar-refractivity contribution is 0.0368. The standard InChI is InChI=1S/C13H20ClN3O2/c1-8(2)5-13(3,19)7-17-12(18)9-4-11(14)16-6-10(9)15/h4,6,8,19H,5,7,15H2,1-3H3,(H,17,18). The zero-order valence-corrected chi connectivity index (χ0v) is 12.2. The first-order valence-electron chi connectivity index (χ1n) is 6.13. The highest BCUT2D eigenvalue weighted by atomic mass is 35.5. The van der Waals surface area contributed by atoms with Gasteiger partial charge in [-0.2, -0.15) is 0 Å². The minimum Gasteiger partial charge on any atom is -0.397 e. The van der Waals surface area contributed by atoms with Gasteiger partial charge in [-0.05, 0) is 25.3 Å². The predicted molar refractivity (Wildman–Crippen MR) is 76.1 cm³/mol. The van der Waals surface area contributed by atoms with Crippen LogP contribution in [0.1, 0.15) is 37.6 Å². The van der Waals surface area contributed by atoms with E-state index in [1.54, 1.807) is 6.92 Å². The molecule has 1 aromatic heterocycles. The maximum absolute atomic E-state index is 12.0. The topological polar surface area (TPSA) is 88.2 Å². The third kappa shape index (κ3) is 5.04. The van der Waals surface area contributed by atoms with Crippen LogP contribution in [0.3, 0.4) is 0 Å². The molecule has 0 aromatic carbocycles. The Hall–Kier alpha value is -1.33. The fraction of sp³-hybridized carbons (Fsp3) is 0.538. The molecule has 1 aromatic rings. The van der Waals surface area contributed by atoms with Gasteiger partial charge in [0.25, 0.3) is 5.91 Å². The van der Waals surface area contributed by atoms with E-state index in [4.69, 9.17) is 17.3 Å². The van der Waals surface area contributed by atoms with E-state index in [1.807, 2.05) is 13.8 Å². The molecule has 1 atom stereocenters. The van der Waals surface area contributed by atoms with Gasteiger partial charge in [0.1, 0.15) is 5.15 Å². The van der Waals surface area contributed by atoms with Crippen LogP contribution in [0.5, 0.6) is 0 Å². The van der Waals surface area contributed by atoms with Crippen LogP contribution < -0.4 is 11.1 Å². The first kappa shape index (κ1) is 15.7. The van der Waals surface area contributed by atoms with Crippen molar-refractivity contribution >= 4 is 23.2 Å². The first-order valence-corrected chi connectivity index (χ1v) is 6.50. The molecule has 0 aliphatic rings. The molecule has 0 aliphatic carbocycles. The number of anilines is 1. The lowest BCUT2D eigenvalue weighted by Crippen LogP contribution is -2.41. The summed E-state index contributed by atoms with van der Waals surface area (Å²) in [7, 11) is 0. The number of nitrogens with two attached hydrogens (primary N) is 1. The quantitative estimate of drug-likeness (QED) is 0.720. The van der Waals surface area contributed by atoms with Crippen molar-refractivity contribution < 1.29 is 9.90 Å². The Morgan fingerprint density at radius 2 is 2.26 bits per heavy atom. The van der Waals surface area contributed by atoms with Gasteiger partial charge in [0.2, 0.25) is 0 Å². The van der Waals surface area contributed by atoms with Crippen molar-refractivity contribution in [3.63, 3.8) is 0 Å². The second-order valence-electron chi connectivity index (χ2n) is 5.37. The molecule has 0 radical (unpaired) electrons. The van der Waals surface area contributed by atoms with Crippen LogP contribution in [0.15, 0.2) is 12.3 Å². The van der Waals surface area contributed by atoms with Crippen LogP contribution in [0.2, 0.25) is 5.15 Å². The van der Waals surface area contributed by atoms with Gasteiger partial charge in [0, 0.05) is 6.54 Å². The van der Waals surface area contributed by atoms with Gasteiger partial charge >= 0.3 is 0 Å². The van der Waals surface area contributed by atoms with Gasteiger partial charge in [0.15, 0.2) is 0 Å². The Balaban J connectivity index is 2.68. The Morgan fingerprint density at radius 3 is 2.84 bits per heavy atom. The molecular formula is C13H20ClN3O2. The van der Waals surface area contributed by atoms with E-state index >= 15 is 0 Å². The summed E-state index contributed by atoms with van der Waals surface area (Å²) in [6, 6.07) is 1.41. The number of amides is 1. The largest absolute Gasteiger partial charge is 0.397 e. The molecule has 106 valence electrons. The Morgan fingerprint density at radius 1 is 1.63 bits per heavy atom. The molecule has 0 saturated heterocycles. The van der Waals surface area contributed by atoms with E-state index < -0.39 is 5.60 Å². The molecule has 6 heteroatoms. The summed E-state index contributed by atoms with van der Waals surface area (Å²) in [4.78, 5) is 15.7. The Kier molecular flexibility index (Phi) is 5.14. The number of carbonyl (C=O) groups is 1. The molecule has 1 heterocycles. The van der Waals surface area contributed by atoms with E-state index in [0.29, 0.717) is 12.3 Å². The molecule has 0 fully saturated rings. The number of nitrogen functional groups attached to an aromatic ring is 1. The Bertz CT molecular complexity index is 461. The monoisotopic (exact) mass is 285 g/mol. The summed E-state index contributed by atoms with van der Waals surface area (Å²) < 4.78 is 0. The molecule has 4 N–H and O–H groups in total. The number of aliphatic hydroxyl groups is 1. The number of rotatable bonds is 5. The van der Waals surface area contributed by atoms with Crippen LogP contribution in [0.4, 0.5) is 5.69 Å². The molecule has 1 amide bonds. The van der Waals surface area contributed by atoms with Crippen molar-refractivity contribution in [2.45, 2.75) is 32.8 Å². The summed E-state index contributed by atoms with van der Waals surface area (Å²) in [6.45, 7) is 5.87. The number of pyridine rings is 1. The molecule has 19 heavy (non-hydrogen) atoms. The smallest absolute Gasteiger partial charge is 0.253 e. The van der Waals surface area contributed by atoms with Crippen LogP contribution >= 0.6 is 11.6 Å². The van der Waals surface area contributed by atoms with Gasteiger partial charge in [-0.25, -0.2) is 4.98 Å². The van der Waals surface area contributed by atoms with E-state index in [-0.39, 0.29) is 28.9 Å². The van der Waals surface area contributed by atoms with Crippen LogP contribution in [-0.2, 0) is 0 Å².